The number of aryl methyl sites for hydroxylation is 1. The predicted octanol–water partition coefficient (Wildman–Crippen LogP) is 3.31. The van der Waals surface area contributed by atoms with E-state index in [0.717, 1.165) is 24.2 Å². The van der Waals surface area contributed by atoms with Crippen LogP contribution in [0.2, 0.25) is 0 Å². The molecule has 4 rings (SSSR count). The van der Waals surface area contributed by atoms with Crippen LogP contribution in [0.4, 0.5) is 5.69 Å². The molecular weight excluding hydrogens is 390 g/mol. The molecule has 0 radical (unpaired) electrons. The van der Waals surface area contributed by atoms with Gasteiger partial charge in [-0.25, -0.2) is 4.90 Å². The number of nitrogens with zero attached hydrogens (tertiary/aromatic N) is 3. The normalized spacial score (nSPS) is 17.8. The maximum absolute atomic E-state index is 13.7. The molecule has 0 aromatic heterocycles. The number of amides is 2. The molecule has 0 bridgehead atoms. The fourth-order valence-electron chi connectivity index (χ4n) is 4.04. The monoisotopic (exact) mass is 419 g/mol. The van der Waals surface area contributed by atoms with Gasteiger partial charge in [0.25, 0.3) is 11.8 Å². The molecule has 6 heteroatoms. The summed E-state index contributed by atoms with van der Waals surface area (Å²) in [6.07, 6.45) is -0.0735. The number of piperazine rings is 1. The Balaban J connectivity index is 1.80. The van der Waals surface area contributed by atoms with Crippen LogP contribution in [-0.4, -0.2) is 60.9 Å². The maximum atomic E-state index is 13.7. The van der Waals surface area contributed by atoms with Crippen molar-refractivity contribution in [2.75, 3.05) is 38.1 Å². The standard InChI is InChI=1S/C25H29N3O3/c1-17(2)31-21-8-6-5-7-20(21)28-24(29)22(19-11-9-18(3)10-12-19)23(25(28)30)27-15-13-26(4)14-16-27/h5-12,17H,13-16H2,1-4H3. The van der Waals surface area contributed by atoms with Gasteiger partial charge in [0.15, 0.2) is 0 Å². The highest BCUT2D eigenvalue weighted by Gasteiger charge is 2.43. The Labute approximate surface area is 183 Å². The predicted molar refractivity (Wildman–Crippen MR) is 122 cm³/mol. The summed E-state index contributed by atoms with van der Waals surface area (Å²) in [6.45, 7) is 8.97. The summed E-state index contributed by atoms with van der Waals surface area (Å²) in [5.74, 6) is -0.0606. The molecule has 2 aliphatic rings. The number of carbonyl (C=O) groups is 2. The number of hydrogen-bond acceptors (Lipinski definition) is 5. The fourth-order valence-corrected chi connectivity index (χ4v) is 4.04. The van der Waals surface area contributed by atoms with Gasteiger partial charge in [0, 0.05) is 26.2 Å². The summed E-state index contributed by atoms with van der Waals surface area (Å²) < 4.78 is 5.92. The Morgan fingerprint density at radius 1 is 0.871 bits per heavy atom. The molecule has 2 aromatic carbocycles. The molecule has 2 aromatic rings. The molecular formula is C25H29N3O3. The summed E-state index contributed by atoms with van der Waals surface area (Å²) in [6, 6.07) is 15.0. The zero-order valence-corrected chi connectivity index (χ0v) is 18.6. The van der Waals surface area contributed by atoms with Crippen molar-refractivity contribution in [3.63, 3.8) is 0 Å². The topological polar surface area (TPSA) is 53.1 Å². The highest BCUT2D eigenvalue weighted by atomic mass is 16.5. The molecule has 1 fully saturated rings. The van der Waals surface area contributed by atoms with E-state index < -0.39 is 0 Å². The van der Waals surface area contributed by atoms with E-state index in [1.165, 1.54) is 4.90 Å². The zero-order valence-electron chi connectivity index (χ0n) is 18.6. The van der Waals surface area contributed by atoms with E-state index in [9.17, 15) is 9.59 Å². The Morgan fingerprint density at radius 3 is 2.16 bits per heavy atom. The Morgan fingerprint density at radius 2 is 1.52 bits per heavy atom. The van der Waals surface area contributed by atoms with E-state index in [1.54, 1.807) is 12.1 Å². The van der Waals surface area contributed by atoms with Crippen molar-refractivity contribution in [1.29, 1.82) is 0 Å². The lowest BCUT2D eigenvalue weighted by Gasteiger charge is -2.34. The van der Waals surface area contributed by atoms with E-state index in [1.807, 2.05) is 57.2 Å². The van der Waals surface area contributed by atoms with Crippen LogP contribution in [0.1, 0.15) is 25.0 Å². The van der Waals surface area contributed by atoms with Crippen molar-refractivity contribution >= 4 is 23.1 Å². The molecule has 0 N–H and O–H groups in total. The third kappa shape index (κ3) is 4.08. The Hall–Kier alpha value is -3.12. The molecule has 1 saturated heterocycles. The SMILES string of the molecule is Cc1ccc(C2=C(N3CCN(C)CC3)C(=O)N(c3ccccc3OC(C)C)C2=O)cc1. The summed E-state index contributed by atoms with van der Waals surface area (Å²) in [5, 5.41) is 0. The lowest BCUT2D eigenvalue weighted by Crippen LogP contribution is -2.46. The molecule has 2 heterocycles. The number of para-hydroxylation sites is 2. The minimum atomic E-state index is -0.303. The molecule has 0 saturated carbocycles. The lowest BCUT2D eigenvalue weighted by molar-refractivity contribution is -0.120. The number of ether oxygens (including phenoxy) is 1. The minimum absolute atomic E-state index is 0.0735. The van der Waals surface area contributed by atoms with Gasteiger partial charge in [-0.15, -0.1) is 0 Å². The number of imide groups is 1. The number of benzene rings is 2. The third-order valence-corrected chi connectivity index (χ3v) is 5.69. The fraction of sp³-hybridized carbons (Fsp3) is 0.360. The van der Waals surface area contributed by atoms with E-state index in [-0.39, 0.29) is 17.9 Å². The summed E-state index contributed by atoms with van der Waals surface area (Å²) in [4.78, 5) is 33.0. The van der Waals surface area contributed by atoms with Crippen molar-refractivity contribution in [2.45, 2.75) is 26.9 Å². The van der Waals surface area contributed by atoms with Gasteiger partial charge in [0.05, 0.1) is 17.4 Å². The first-order valence-electron chi connectivity index (χ1n) is 10.8. The van der Waals surface area contributed by atoms with Crippen LogP contribution in [-0.2, 0) is 9.59 Å². The first-order chi connectivity index (χ1) is 14.9. The first-order valence-corrected chi connectivity index (χ1v) is 10.8. The number of anilines is 1. The van der Waals surface area contributed by atoms with E-state index in [0.29, 0.717) is 35.8 Å². The van der Waals surface area contributed by atoms with Crippen molar-refractivity contribution in [3.8, 4) is 5.75 Å². The molecule has 0 unspecified atom stereocenters. The van der Waals surface area contributed by atoms with Crippen LogP contribution in [0.5, 0.6) is 5.75 Å². The van der Waals surface area contributed by atoms with Gasteiger partial charge < -0.3 is 14.5 Å². The summed E-state index contributed by atoms with van der Waals surface area (Å²) in [5.41, 5.74) is 3.31. The molecule has 2 aliphatic heterocycles. The number of rotatable bonds is 5. The van der Waals surface area contributed by atoms with E-state index in [2.05, 4.69) is 16.8 Å². The van der Waals surface area contributed by atoms with Crippen LogP contribution in [0.25, 0.3) is 5.57 Å². The van der Waals surface area contributed by atoms with Crippen molar-refractivity contribution in [2.24, 2.45) is 0 Å². The second-order valence-electron chi connectivity index (χ2n) is 8.46. The molecule has 0 aliphatic carbocycles. The summed E-state index contributed by atoms with van der Waals surface area (Å²) >= 11 is 0. The minimum Gasteiger partial charge on any atom is -0.489 e. The van der Waals surface area contributed by atoms with Crippen molar-refractivity contribution in [3.05, 3.63) is 65.4 Å². The average Bonchev–Trinajstić information content (AvgIpc) is 2.99. The Bertz CT molecular complexity index is 1020. The third-order valence-electron chi connectivity index (χ3n) is 5.69. The van der Waals surface area contributed by atoms with E-state index >= 15 is 0 Å². The molecule has 6 nitrogen and oxygen atoms in total. The number of hydrogen-bond donors (Lipinski definition) is 0. The molecule has 2 amide bonds. The van der Waals surface area contributed by atoms with Crippen LogP contribution >= 0.6 is 0 Å². The van der Waals surface area contributed by atoms with Gasteiger partial charge >= 0.3 is 0 Å². The molecule has 162 valence electrons. The highest BCUT2D eigenvalue weighted by molar-refractivity contribution is 6.45. The highest BCUT2D eigenvalue weighted by Crippen LogP contribution is 2.39. The second kappa shape index (κ2) is 8.55. The van der Waals surface area contributed by atoms with Gasteiger partial charge in [-0.2, -0.15) is 0 Å². The maximum Gasteiger partial charge on any atom is 0.282 e. The van der Waals surface area contributed by atoms with Crippen LogP contribution in [0.3, 0.4) is 0 Å². The Kier molecular flexibility index (Phi) is 5.83. The van der Waals surface area contributed by atoms with Crippen molar-refractivity contribution in [1.82, 2.24) is 9.80 Å². The molecule has 0 spiro atoms. The second-order valence-corrected chi connectivity index (χ2v) is 8.46. The molecule has 0 atom stereocenters. The van der Waals surface area contributed by atoms with Gasteiger partial charge in [-0.05, 0) is 45.5 Å². The average molecular weight is 420 g/mol. The molecule has 31 heavy (non-hydrogen) atoms. The van der Waals surface area contributed by atoms with Crippen LogP contribution in [0.15, 0.2) is 54.2 Å². The van der Waals surface area contributed by atoms with Crippen LogP contribution < -0.4 is 9.64 Å². The van der Waals surface area contributed by atoms with Gasteiger partial charge in [0.2, 0.25) is 0 Å². The van der Waals surface area contributed by atoms with Crippen molar-refractivity contribution < 1.29 is 14.3 Å². The summed E-state index contributed by atoms with van der Waals surface area (Å²) in [7, 11) is 2.07. The van der Waals surface area contributed by atoms with E-state index in [4.69, 9.17) is 4.74 Å². The zero-order chi connectivity index (χ0) is 22.1. The smallest absolute Gasteiger partial charge is 0.282 e. The number of carbonyl (C=O) groups excluding carboxylic acids is 2. The first kappa shape index (κ1) is 21.1. The quantitative estimate of drug-likeness (QED) is 0.696. The number of likely N-dealkylation sites (N-methyl/N-ethyl adjacent to an activating group) is 1. The lowest BCUT2D eigenvalue weighted by atomic mass is 10.0. The van der Waals surface area contributed by atoms with Gasteiger partial charge in [-0.1, -0.05) is 42.0 Å². The largest absolute Gasteiger partial charge is 0.489 e. The van der Waals surface area contributed by atoms with Crippen LogP contribution in [0, 0.1) is 6.92 Å². The van der Waals surface area contributed by atoms with Gasteiger partial charge in [-0.3, -0.25) is 9.59 Å². The van der Waals surface area contributed by atoms with Gasteiger partial charge in [0.1, 0.15) is 11.4 Å².